The van der Waals surface area contributed by atoms with Gasteiger partial charge in [-0.05, 0) is 16.7 Å². The van der Waals surface area contributed by atoms with Gasteiger partial charge >= 0.3 is 0 Å². The molecule has 2 aromatic carbocycles. The summed E-state index contributed by atoms with van der Waals surface area (Å²) in [4.78, 5) is 15.1. The zero-order valence-electron chi connectivity index (χ0n) is 11.0. The summed E-state index contributed by atoms with van der Waals surface area (Å²) in [6.07, 6.45) is 0.249. The summed E-state index contributed by atoms with van der Waals surface area (Å²) in [6.45, 7) is 0.200. The molecule has 0 bridgehead atoms. The first-order valence-corrected chi connectivity index (χ1v) is 6.46. The van der Waals surface area contributed by atoms with E-state index in [1.807, 2.05) is 60.7 Å². The van der Waals surface area contributed by atoms with Crippen LogP contribution < -0.4 is 0 Å². The van der Waals surface area contributed by atoms with Crippen LogP contribution in [-0.4, -0.2) is 12.3 Å². The molecule has 0 heterocycles. The summed E-state index contributed by atoms with van der Waals surface area (Å²) < 4.78 is 0. The van der Waals surface area contributed by atoms with E-state index in [1.54, 1.807) is 0 Å². The van der Waals surface area contributed by atoms with Crippen molar-refractivity contribution in [1.29, 1.82) is 0 Å². The standard InChI is InChI=1S/C16H15N3O/c17-19-18-12-11-15(20)16(13-7-3-1-4-8-13)14-9-5-2-6-10-14/h1-10,16H,11-12H2. The molecule has 0 aliphatic heterocycles. The minimum absolute atomic E-state index is 0.0646. The van der Waals surface area contributed by atoms with Gasteiger partial charge in [0.15, 0.2) is 0 Å². The molecule has 0 spiro atoms. The maximum absolute atomic E-state index is 12.4. The van der Waals surface area contributed by atoms with Crippen LogP contribution in [0.15, 0.2) is 65.8 Å². The summed E-state index contributed by atoms with van der Waals surface area (Å²) in [5, 5.41) is 3.44. The maximum atomic E-state index is 12.4. The first-order valence-electron chi connectivity index (χ1n) is 6.46. The largest absolute Gasteiger partial charge is 0.299 e. The molecule has 0 atom stereocenters. The molecule has 0 amide bonds. The average Bonchev–Trinajstić information content (AvgIpc) is 2.50. The van der Waals surface area contributed by atoms with Crippen molar-refractivity contribution in [2.24, 2.45) is 5.11 Å². The van der Waals surface area contributed by atoms with Crippen molar-refractivity contribution in [1.82, 2.24) is 0 Å². The Hall–Kier alpha value is -2.58. The second kappa shape index (κ2) is 7.12. The maximum Gasteiger partial charge on any atom is 0.144 e. The van der Waals surface area contributed by atoms with Gasteiger partial charge in [-0.15, -0.1) is 0 Å². The molecule has 0 saturated heterocycles. The smallest absolute Gasteiger partial charge is 0.144 e. The molecule has 4 nitrogen and oxygen atoms in total. The van der Waals surface area contributed by atoms with E-state index in [1.165, 1.54) is 0 Å². The van der Waals surface area contributed by atoms with Gasteiger partial charge in [0.05, 0.1) is 5.92 Å². The lowest BCUT2D eigenvalue weighted by atomic mass is 9.86. The fourth-order valence-corrected chi connectivity index (χ4v) is 2.20. The van der Waals surface area contributed by atoms with Crippen LogP contribution in [0.4, 0.5) is 0 Å². The molecule has 0 unspecified atom stereocenters. The molecule has 0 fully saturated rings. The lowest BCUT2D eigenvalue weighted by Crippen LogP contribution is -2.14. The van der Waals surface area contributed by atoms with E-state index in [4.69, 9.17) is 5.53 Å². The predicted octanol–water partition coefficient (Wildman–Crippen LogP) is 4.09. The molecule has 20 heavy (non-hydrogen) atoms. The average molecular weight is 265 g/mol. The third-order valence-corrected chi connectivity index (χ3v) is 3.11. The molecule has 2 rings (SSSR count). The van der Waals surface area contributed by atoms with Gasteiger partial charge in [-0.1, -0.05) is 65.8 Å². The van der Waals surface area contributed by atoms with E-state index < -0.39 is 0 Å². The fourth-order valence-electron chi connectivity index (χ4n) is 2.20. The SMILES string of the molecule is [N-]=[N+]=NCCC(=O)C(c1ccccc1)c1ccccc1. The van der Waals surface area contributed by atoms with E-state index >= 15 is 0 Å². The highest BCUT2D eigenvalue weighted by Crippen LogP contribution is 2.26. The van der Waals surface area contributed by atoms with Gasteiger partial charge in [0, 0.05) is 17.9 Å². The molecule has 0 radical (unpaired) electrons. The Balaban J connectivity index is 2.30. The van der Waals surface area contributed by atoms with E-state index in [0.29, 0.717) is 0 Å². The molecule has 0 aliphatic carbocycles. The van der Waals surface area contributed by atoms with Gasteiger partial charge in [-0.25, -0.2) is 0 Å². The first-order chi connectivity index (χ1) is 9.83. The summed E-state index contributed by atoms with van der Waals surface area (Å²) in [7, 11) is 0. The van der Waals surface area contributed by atoms with Crippen molar-refractivity contribution < 1.29 is 4.79 Å². The second-order valence-corrected chi connectivity index (χ2v) is 4.43. The number of benzene rings is 2. The number of carbonyl (C=O) groups excluding carboxylic acids is 1. The summed E-state index contributed by atoms with van der Waals surface area (Å²) in [6, 6.07) is 19.3. The quantitative estimate of drug-likeness (QED) is 0.440. The third-order valence-electron chi connectivity index (χ3n) is 3.11. The Kier molecular flexibility index (Phi) is 4.93. The highest BCUT2D eigenvalue weighted by molar-refractivity contribution is 5.89. The van der Waals surface area contributed by atoms with Gasteiger partial charge in [-0.3, -0.25) is 4.79 Å². The molecule has 2 aromatic rings. The molecule has 100 valence electrons. The first kappa shape index (κ1) is 13.8. The van der Waals surface area contributed by atoms with Gasteiger partial charge in [0.2, 0.25) is 0 Å². The summed E-state index contributed by atoms with van der Waals surface area (Å²) in [5.74, 6) is -0.235. The van der Waals surface area contributed by atoms with E-state index in [2.05, 4.69) is 10.0 Å². The third kappa shape index (κ3) is 3.46. The van der Waals surface area contributed by atoms with Gasteiger partial charge in [-0.2, -0.15) is 0 Å². The second-order valence-electron chi connectivity index (χ2n) is 4.43. The Morgan fingerprint density at radius 3 is 1.95 bits per heavy atom. The number of hydrogen-bond acceptors (Lipinski definition) is 2. The number of nitrogens with zero attached hydrogens (tertiary/aromatic N) is 3. The van der Waals surface area contributed by atoms with Gasteiger partial charge in [0.25, 0.3) is 0 Å². The zero-order chi connectivity index (χ0) is 14.2. The Morgan fingerprint density at radius 2 is 1.50 bits per heavy atom. The highest BCUT2D eigenvalue weighted by Gasteiger charge is 2.21. The fraction of sp³-hybridized carbons (Fsp3) is 0.188. The minimum Gasteiger partial charge on any atom is -0.299 e. The minimum atomic E-state index is -0.300. The van der Waals surface area contributed by atoms with Crippen LogP contribution in [-0.2, 0) is 4.79 Å². The molecule has 4 heteroatoms. The highest BCUT2D eigenvalue weighted by atomic mass is 16.1. The van der Waals surface area contributed by atoms with Crippen LogP contribution >= 0.6 is 0 Å². The van der Waals surface area contributed by atoms with Crippen molar-refractivity contribution in [3.8, 4) is 0 Å². The number of ketones is 1. The number of rotatable bonds is 6. The normalized spacial score (nSPS) is 10.1. The number of carbonyl (C=O) groups is 1. The Bertz CT molecular complexity index is 565. The monoisotopic (exact) mass is 265 g/mol. The zero-order valence-corrected chi connectivity index (χ0v) is 11.0. The van der Waals surface area contributed by atoms with Gasteiger partial charge < -0.3 is 0 Å². The molecule has 0 N–H and O–H groups in total. The summed E-state index contributed by atoms with van der Waals surface area (Å²) >= 11 is 0. The van der Waals surface area contributed by atoms with E-state index in [-0.39, 0.29) is 24.7 Å². The van der Waals surface area contributed by atoms with Crippen molar-refractivity contribution in [3.63, 3.8) is 0 Å². The van der Waals surface area contributed by atoms with Crippen LogP contribution in [0.25, 0.3) is 10.4 Å². The number of hydrogen-bond donors (Lipinski definition) is 0. The van der Waals surface area contributed by atoms with E-state index in [9.17, 15) is 4.79 Å². The summed E-state index contributed by atoms with van der Waals surface area (Å²) in [5.41, 5.74) is 10.2. The lowest BCUT2D eigenvalue weighted by molar-refractivity contribution is -0.119. The van der Waals surface area contributed by atoms with Crippen molar-refractivity contribution in [3.05, 3.63) is 82.2 Å². The molecule has 0 aromatic heterocycles. The topological polar surface area (TPSA) is 65.8 Å². The number of azide groups is 1. The lowest BCUT2D eigenvalue weighted by Gasteiger charge is -2.16. The van der Waals surface area contributed by atoms with Crippen LogP contribution in [0.3, 0.4) is 0 Å². The van der Waals surface area contributed by atoms with Crippen molar-refractivity contribution in [2.75, 3.05) is 6.54 Å². The number of Topliss-reactive ketones (excluding diaryl/α,β-unsaturated/α-hetero) is 1. The molecule has 0 aliphatic rings. The van der Waals surface area contributed by atoms with Crippen molar-refractivity contribution >= 4 is 5.78 Å². The van der Waals surface area contributed by atoms with Crippen molar-refractivity contribution in [2.45, 2.75) is 12.3 Å². The molecular formula is C16H15N3O. The van der Waals surface area contributed by atoms with E-state index in [0.717, 1.165) is 11.1 Å². The van der Waals surface area contributed by atoms with Gasteiger partial charge in [0.1, 0.15) is 5.78 Å². The molecule has 0 saturated carbocycles. The Morgan fingerprint density at radius 1 is 1.00 bits per heavy atom. The van der Waals surface area contributed by atoms with Crippen LogP contribution in [0.5, 0.6) is 0 Å². The predicted molar refractivity (Wildman–Crippen MR) is 78.4 cm³/mol. The van der Waals surface area contributed by atoms with Crippen LogP contribution in [0.2, 0.25) is 0 Å². The Labute approximate surface area is 117 Å². The van der Waals surface area contributed by atoms with Crippen LogP contribution in [0.1, 0.15) is 23.5 Å². The van der Waals surface area contributed by atoms with Crippen LogP contribution in [0, 0.1) is 0 Å². The molecular weight excluding hydrogens is 250 g/mol.